The number of amides is 6. The van der Waals surface area contributed by atoms with Crippen LogP contribution in [0.2, 0.25) is 0 Å². The van der Waals surface area contributed by atoms with Gasteiger partial charge in [0.05, 0.1) is 129 Å². The molecular formula is C93H123F2N9O21. The van der Waals surface area contributed by atoms with E-state index in [1.54, 1.807) is 67.3 Å². The number of carbonyl (C=O) groups is 9. The lowest BCUT2D eigenvalue weighted by atomic mass is 9.44. The molecule has 0 radical (unpaired) electrons. The Balaban J connectivity index is 0.534. The summed E-state index contributed by atoms with van der Waals surface area (Å²) in [4.78, 5) is 122. The molecule has 3 saturated carbocycles. The van der Waals surface area contributed by atoms with Gasteiger partial charge < -0.3 is 89.1 Å². The average molecular weight is 1740 g/mol. The van der Waals surface area contributed by atoms with Crippen LogP contribution < -0.4 is 36.6 Å². The predicted molar refractivity (Wildman–Crippen MR) is 457 cm³/mol. The third kappa shape index (κ3) is 24.2. The Morgan fingerprint density at radius 1 is 0.688 bits per heavy atom. The van der Waals surface area contributed by atoms with Gasteiger partial charge in [-0.15, -0.1) is 5.10 Å². The molecule has 1 aromatic heterocycles. The van der Waals surface area contributed by atoms with Crippen LogP contribution in [0, 0.1) is 34.5 Å². The van der Waals surface area contributed by atoms with E-state index in [4.69, 9.17) is 57.8 Å². The van der Waals surface area contributed by atoms with E-state index in [9.17, 15) is 48.3 Å². The molecule has 4 aromatic carbocycles. The van der Waals surface area contributed by atoms with E-state index in [0.717, 1.165) is 47.9 Å². The van der Waals surface area contributed by atoms with E-state index in [0.29, 0.717) is 92.7 Å². The van der Waals surface area contributed by atoms with Crippen LogP contribution in [-0.2, 0) is 114 Å². The molecule has 32 heteroatoms. The molecule has 12 atom stereocenters. The number of nitrogens with one attached hydrogen (secondary N) is 4. The first-order valence-electron chi connectivity index (χ1n) is 44.0. The monoisotopic (exact) mass is 1740 g/mol. The van der Waals surface area contributed by atoms with Gasteiger partial charge >= 0.3 is 12.1 Å². The molecule has 7 N–H and O–H groups in total. The van der Waals surface area contributed by atoms with Crippen molar-refractivity contribution in [2.24, 2.45) is 40.2 Å². The molecule has 4 fully saturated rings. The fourth-order valence-electron chi connectivity index (χ4n) is 18.3. The first-order valence-corrected chi connectivity index (χ1v) is 44.0. The van der Waals surface area contributed by atoms with Gasteiger partial charge in [-0.3, -0.25) is 33.6 Å². The summed E-state index contributed by atoms with van der Waals surface area (Å²) in [5.41, 5.74) is 5.23. The second-order valence-corrected chi connectivity index (χ2v) is 33.5. The zero-order valence-corrected chi connectivity index (χ0v) is 72.6. The Labute approximate surface area is 729 Å². The Hall–Kier alpha value is -9.61. The quantitative estimate of drug-likeness (QED) is 0.0197. The molecule has 2 aliphatic heterocycles. The van der Waals surface area contributed by atoms with E-state index in [1.165, 1.54) is 19.1 Å². The Kier molecular flexibility index (Phi) is 35.5. The molecule has 30 nitrogen and oxygen atoms in total. The van der Waals surface area contributed by atoms with Gasteiger partial charge in [0.1, 0.15) is 36.6 Å². The summed E-state index contributed by atoms with van der Waals surface area (Å²) in [6.45, 7) is 16.6. The lowest BCUT2D eigenvalue weighted by molar-refractivity contribution is -0.234. The van der Waals surface area contributed by atoms with Crippen molar-refractivity contribution in [2.45, 2.75) is 200 Å². The maximum absolute atomic E-state index is 18.0. The van der Waals surface area contributed by atoms with Crippen LogP contribution in [0.1, 0.15) is 147 Å². The number of alkyl halides is 2. The highest BCUT2D eigenvalue weighted by Gasteiger charge is 2.80. The minimum atomic E-state index is -2.34. The van der Waals surface area contributed by atoms with Crippen molar-refractivity contribution in [3.8, 4) is 28.3 Å². The standard InChI is InChI=1S/C93H123F2N9O21/c1-7-9-37-115-41-45-119-48-44-118-40-36-104-87-70-19-12-13-20-75(70)103(58-66-16-10-11-18-69(66)86(87)101-102-104)83(112)30-29-81(110)97-35-39-117-43-47-121-50-49-120-46-42-116-38-32-82(111)100-85(61(3)4)77(107)52-65(17-14-34-98-88(96)113)76(106)51-62-21-23-64(24-22-62)59-123-89(114)99-57-63-25-27-68(28-26-63)122-60-79(109)93-80(124-84(125-93)15-8-2)55-71-72-54-74(94)73-53-67(105)31-33-90(73,5)92(72,95)78(108)56-91(71,93)6/h10-13,16,18-28,31,33,53,61,65,71-72,74,78,80,84-85,108H,7-9,14-15,17,29-30,32,34-52,54-60H2,1-6H3,(H,97,110)(H,99,114)(H,100,111)(H3,96,98,113)/t65-,71+,72+,74+,78+,80-,84?,85+,90+,91+,92+,93-/m1/s1. The Morgan fingerprint density at radius 3 is 2.02 bits per heavy atom. The highest BCUT2D eigenvalue weighted by molar-refractivity contribution is 6.02. The zero-order chi connectivity index (χ0) is 89.1. The van der Waals surface area contributed by atoms with Crippen LogP contribution in [0.3, 0.4) is 0 Å². The number of unbranched alkanes of at least 4 members (excludes halogenated alkanes) is 1. The van der Waals surface area contributed by atoms with Crippen LogP contribution in [0.5, 0.6) is 5.75 Å². The van der Waals surface area contributed by atoms with Crippen molar-refractivity contribution in [1.82, 2.24) is 36.3 Å². The van der Waals surface area contributed by atoms with Crippen LogP contribution >= 0.6 is 0 Å². The number of hydrogen-bond donors (Lipinski definition) is 6. The zero-order valence-electron chi connectivity index (χ0n) is 72.6. The number of benzene rings is 4. The third-order valence-corrected chi connectivity index (χ3v) is 24.8. The number of primary amides is 1. The lowest BCUT2D eigenvalue weighted by Gasteiger charge is -2.63. The van der Waals surface area contributed by atoms with Gasteiger partial charge in [0.2, 0.25) is 23.5 Å². The van der Waals surface area contributed by atoms with E-state index >= 15 is 8.78 Å². The predicted octanol–water partition coefficient (Wildman–Crippen LogP) is 10.2. The van der Waals surface area contributed by atoms with Gasteiger partial charge in [-0.1, -0.05) is 138 Å². The number of para-hydroxylation sites is 1. The van der Waals surface area contributed by atoms with Gasteiger partial charge in [0, 0.05) is 92.1 Å². The van der Waals surface area contributed by atoms with E-state index in [-0.39, 0.29) is 178 Å². The van der Waals surface area contributed by atoms with E-state index < -0.39 is 107 Å². The third-order valence-electron chi connectivity index (χ3n) is 24.8. The topological polar surface area (TPSA) is 383 Å². The number of halogens is 2. The van der Waals surface area contributed by atoms with Crippen molar-refractivity contribution >= 4 is 58.7 Å². The first-order chi connectivity index (χ1) is 60.3. The molecule has 5 aromatic rings. The fraction of sp³-hybridized carbons (Fsp3) is 0.581. The summed E-state index contributed by atoms with van der Waals surface area (Å²) >= 11 is 0. The fourth-order valence-corrected chi connectivity index (χ4v) is 18.3. The number of hydrogen-bond acceptors (Lipinski definition) is 23. The van der Waals surface area contributed by atoms with Gasteiger partial charge in [-0.25, -0.2) is 23.1 Å². The molecule has 3 heterocycles. The largest absolute Gasteiger partial charge is 0.486 e. The summed E-state index contributed by atoms with van der Waals surface area (Å²) in [6, 6.07) is 27.5. The van der Waals surface area contributed by atoms with Crippen LogP contribution in [0.15, 0.2) is 121 Å². The second kappa shape index (κ2) is 46.2. The van der Waals surface area contributed by atoms with Crippen LogP contribution in [0.25, 0.3) is 22.5 Å². The molecule has 0 spiro atoms. The number of aliphatic hydroxyl groups excluding tert-OH is 1. The summed E-state index contributed by atoms with van der Waals surface area (Å²) in [5, 5.41) is 32.1. The first kappa shape index (κ1) is 96.0. The number of alkyl carbamates (subject to hydrolysis) is 1. The molecule has 1 unspecified atom stereocenters. The molecule has 125 heavy (non-hydrogen) atoms. The highest BCUT2D eigenvalue weighted by atomic mass is 19.1. The summed E-state index contributed by atoms with van der Waals surface area (Å²) in [6.07, 6.45) is 1.60. The molecule has 6 aliphatic rings. The van der Waals surface area contributed by atoms with Gasteiger partial charge in [-0.2, -0.15) is 0 Å². The number of nitrogens with zero attached hydrogens (tertiary/aromatic N) is 4. The number of anilines is 1. The van der Waals surface area contributed by atoms with E-state index in [1.807, 2.05) is 67.1 Å². The molecule has 4 aliphatic carbocycles. The number of allylic oxidation sites excluding steroid dienone is 4. The molecule has 11 rings (SSSR count). The van der Waals surface area contributed by atoms with Crippen LogP contribution in [-0.4, -0.2) is 227 Å². The maximum Gasteiger partial charge on any atom is 0.407 e. The maximum atomic E-state index is 18.0. The summed E-state index contributed by atoms with van der Waals surface area (Å²) < 4.78 is 100. The number of ether oxygens (including phenoxy) is 11. The highest BCUT2D eigenvalue weighted by Crippen LogP contribution is 2.72. The van der Waals surface area contributed by atoms with Crippen molar-refractivity contribution < 1.29 is 109 Å². The van der Waals surface area contributed by atoms with Crippen molar-refractivity contribution in [3.05, 3.63) is 143 Å². The molecule has 0 bridgehead atoms. The number of urea groups is 1. The number of carbonyl (C=O) groups excluding carboxylic acids is 9. The van der Waals surface area contributed by atoms with Crippen molar-refractivity contribution in [2.75, 3.05) is 117 Å². The molecule has 680 valence electrons. The second-order valence-electron chi connectivity index (χ2n) is 33.5. The minimum Gasteiger partial charge on any atom is -0.486 e. The summed E-state index contributed by atoms with van der Waals surface area (Å²) in [5.74, 6) is -4.72. The number of aliphatic hydroxyl groups is 1. The Morgan fingerprint density at radius 2 is 1.34 bits per heavy atom. The summed E-state index contributed by atoms with van der Waals surface area (Å²) in [7, 11) is 0. The number of ketones is 4. The lowest BCUT2D eigenvalue weighted by Crippen LogP contribution is -2.71. The minimum absolute atomic E-state index is 0.0121. The van der Waals surface area contributed by atoms with Crippen LogP contribution in [0.4, 0.5) is 24.1 Å². The normalized spacial score (nSPS) is 23.1. The SMILES string of the molecule is CCCCOCCOCCOCCn1nnc2c1-c1ccccc1N(C(=O)CCC(=O)NCCOCCOCCOCCOCCC(=O)N[C@H](C(=O)C[C@@H](CCCNC(N)=O)C(=O)Cc1ccc(COC(=O)NCc3ccc(OCC(=O)[C@@]45OC(CCC)O[C@@H]4C[C@H]4[C@@H]6C[C@H](F)C7=CC(=O)C=C[C@]7(C)[C@@]6(F)[C@@H](O)C[C@@]45C)cc3)cc1)C(C)C)Cc1ccccc1-2. The van der Waals surface area contributed by atoms with Gasteiger partial charge in [0.15, 0.2) is 29.1 Å². The number of fused-ring (bicyclic) bond motifs is 12. The number of nitrogens with two attached hydrogens (primary N) is 1. The molecule has 1 saturated heterocycles. The van der Waals surface area contributed by atoms with Crippen molar-refractivity contribution in [1.29, 1.82) is 0 Å². The Bertz CT molecular complexity index is 4530. The van der Waals surface area contributed by atoms with Gasteiger partial charge in [0.25, 0.3) is 0 Å². The number of Topliss-reactive ketones (excluding diaryl/α,β-unsaturated/α-hetero) is 3. The van der Waals surface area contributed by atoms with Crippen molar-refractivity contribution in [3.63, 3.8) is 0 Å². The number of rotatable bonds is 52. The number of aromatic nitrogens is 3. The average Bonchev–Trinajstić information content (AvgIpc) is 1.51. The van der Waals surface area contributed by atoms with Gasteiger partial charge in [-0.05, 0) is 122 Å². The molecule has 6 amide bonds. The smallest absolute Gasteiger partial charge is 0.407 e. The van der Waals surface area contributed by atoms with E-state index in [2.05, 4.69) is 38.5 Å². The molecular weight excluding hydrogens is 1620 g/mol.